The van der Waals surface area contributed by atoms with Crippen LogP contribution in [0.4, 0.5) is 0 Å². The minimum atomic E-state index is -0.0727. The van der Waals surface area contributed by atoms with Crippen LogP contribution < -0.4 is 0 Å². The molecular weight excluding hydrogens is 324 g/mol. The van der Waals surface area contributed by atoms with Crippen molar-refractivity contribution >= 4 is 21.7 Å². The predicted octanol–water partition coefficient (Wildman–Crippen LogP) is 5.63. The van der Waals surface area contributed by atoms with Gasteiger partial charge in [0.05, 0.1) is 0 Å². The van der Waals surface area contributed by atoms with Crippen molar-refractivity contribution in [3.63, 3.8) is 0 Å². The highest BCUT2D eigenvalue weighted by molar-refractivity contribution is 9.10. The van der Waals surface area contributed by atoms with Crippen LogP contribution in [0.5, 0.6) is 0 Å². The van der Waals surface area contributed by atoms with E-state index in [2.05, 4.69) is 29.8 Å². The number of halogens is 1. The number of hydrogen-bond donors (Lipinski definition) is 0. The van der Waals surface area contributed by atoms with E-state index in [0.29, 0.717) is 16.6 Å². The van der Waals surface area contributed by atoms with E-state index in [9.17, 15) is 4.79 Å². The fourth-order valence-electron chi connectivity index (χ4n) is 6.61. The molecular formula is C19H23BrO. The maximum absolute atomic E-state index is 13.3. The third kappa shape index (κ3) is 2.13. The van der Waals surface area contributed by atoms with E-state index in [4.69, 9.17) is 0 Å². The van der Waals surface area contributed by atoms with Crippen molar-refractivity contribution in [1.29, 1.82) is 0 Å². The van der Waals surface area contributed by atoms with Gasteiger partial charge in [0, 0.05) is 15.5 Å². The van der Waals surface area contributed by atoms with Gasteiger partial charge in [0.15, 0.2) is 5.78 Å². The summed E-state index contributed by atoms with van der Waals surface area (Å²) in [5, 5.41) is 0. The lowest BCUT2D eigenvalue weighted by molar-refractivity contribution is -0.125. The number of ketones is 1. The fourth-order valence-corrected chi connectivity index (χ4v) is 6.87. The Balaban J connectivity index is 1.74. The second kappa shape index (κ2) is 4.22. The first-order valence-corrected chi connectivity index (χ1v) is 8.91. The summed E-state index contributed by atoms with van der Waals surface area (Å²) in [5.74, 6) is 1.19. The van der Waals surface area contributed by atoms with Crippen molar-refractivity contribution in [3.8, 4) is 0 Å². The summed E-state index contributed by atoms with van der Waals surface area (Å²) in [6.45, 7) is 4.86. The van der Waals surface area contributed by atoms with Crippen LogP contribution in [0.3, 0.4) is 0 Å². The van der Waals surface area contributed by atoms with Gasteiger partial charge in [-0.15, -0.1) is 0 Å². The van der Waals surface area contributed by atoms with Gasteiger partial charge in [0.25, 0.3) is 0 Å². The monoisotopic (exact) mass is 346 g/mol. The zero-order chi connectivity index (χ0) is 14.9. The van der Waals surface area contributed by atoms with Crippen molar-refractivity contribution in [3.05, 3.63) is 34.3 Å². The Bertz CT molecular complexity index is 584. The number of benzene rings is 1. The summed E-state index contributed by atoms with van der Waals surface area (Å²) in [5.41, 5.74) is 1.64. The molecule has 4 bridgehead atoms. The average Bonchev–Trinajstić information content (AvgIpc) is 2.34. The third-order valence-electron chi connectivity index (χ3n) is 6.21. The number of carbonyl (C=O) groups is 1. The van der Waals surface area contributed by atoms with Gasteiger partial charge in [-0.05, 0) is 67.4 Å². The molecule has 4 fully saturated rings. The summed E-state index contributed by atoms with van der Waals surface area (Å²) in [6.07, 6.45) is 7.37. The van der Waals surface area contributed by atoms with Crippen LogP contribution in [-0.2, 0) is 0 Å². The second-order valence-corrected chi connectivity index (χ2v) is 9.66. The van der Waals surface area contributed by atoms with Gasteiger partial charge in [-0.1, -0.05) is 41.9 Å². The average molecular weight is 347 g/mol. The van der Waals surface area contributed by atoms with Crippen LogP contribution in [0.1, 0.15) is 62.7 Å². The highest BCUT2D eigenvalue weighted by Crippen LogP contribution is 2.70. The largest absolute Gasteiger partial charge is 0.294 e. The zero-order valence-corrected chi connectivity index (χ0v) is 14.5. The third-order valence-corrected chi connectivity index (χ3v) is 6.74. The van der Waals surface area contributed by atoms with Crippen LogP contribution in [-0.4, -0.2) is 5.78 Å². The molecule has 0 amide bonds. The maximum Gasteiger partial charge on any atom is 0.169 e. The van der Waals surface area contributed by atoms with E-state index in [1.54, 1.807) is 0 Å². The summed E-state index contributed by atoms with van der Waals surface area (Å²) >= 11 is 3.46. The maximum atomic E-state index is 13.3. The summed E-state index contributed by atoms with van der Waals surface area (Å²) in [6, 6.07) is 7.99. The lowest BCUT2D eigenvalue weighted by Crippen LogP contribution is -2.57. The molecule has 0 heterocycles. The fraction of sp³-hybridized carbons (Fsp3) is 0.632. The molecule has 1 aromatic carbocycles. The van der Waals surface area contributed by atoms with E-state index in [0.717, 1.165) is 35.2 Å². The van der Waals surface area contributed by atoms with Crippen LogP contribution in [0.25, 0.3) is 0 Å². The Morgan fingerprint density at radius 1 is 1.00 bits per heavy atom. The summed E-state index contributed by atoms with van der Waals surface area (Å²) in [4.78, 5) is 13.3. The van der Waals surface area contributed by atoms with E-state index >= 15 is 0 Å². The zero-order valence-electron chi connectivity index (χ0n) is 12.9. The molecule has 0 aliphatic heterocycles. The molecule has 1 nitrogen and oxygen atoms in total. The topological polar surface area (TPSA) is 17.1 Å². The lowest BCUT2D eigenvalue weighted by Gasteiger charge is -2.64. The molecule has 4 saturated carbocycles. The molecule has 4 aliphatic carbocycles. The summed E-state index contributed by atoms with van der Waals surface area (Å²) < 4.78 is 1.04. The first-order chi connectivity index (χ1) is 9.82. The van der Waals surface area contributed by atoms with Crippen molar-refractivity contribution in [1.82, 2.24) is 0 Å². The van der Waals surface area contributed by atoms with Gasteiger partial charge in [-0.3, -0.25) is 4.79 Å². The Morgan fingerprint density at radius 2 is 1.57 bits per heavy atom. The molecule has 2 atom stereocenters. The minimum absolute atomic E-state index is 0.0727. The van der Waals surface area contributed by atoms with Crippen LogP contribution in [0.15, 0.2) is 28.7 Å². The second-order valence-electron chi connectivity index (χ2n) is 8.75. The number of carbonyl (C=O) groups excluding carboxylic acids is 1. The molecule has 0 spiro atoms. The van der Waals surface area contributed by atoms with Gasteiger partial charge >= 0.3 is 0 Å². The van der Waals surface area contributed by atoms with Crippen molar-refractivity contribution in [2.75, 3.05) is 0 Å². The molecule has 0 radical (unpaired) electrons. The summed E-state index contributed by atoms with van der Waals surface area (Å²) in [7, 11) is 0. The van der Waals surface area contributed by atoms with Crippen molar-refractivity contribution < 1.29 is 4.79 Å². The van der Waals surface area contributed by atoms with Crippen LogP contribution in [0.2, 0.25) is 0 Å². The van der Waals surface area contributed by atoms with Gasteiger partial charge in [-0.2, -0.15) is 0 Å². The number of hydrogen-bond acceptors (Lipinski definition) is 1. The Kier molecular flexibility index (Phi) is 2.81. The van der Waals surface area contributed by atoms with Crippen LogP contribution in [0, 0.1) is 22.2 Å². The molecule has 1 aromatic rings. The Morgan fingerprint density at radius 3 is 2.10 bits per heavy atom. The van der Waals surface area contributed by atoms with Gasteiger partial charge in [0.1, 0.15) is 0 Å². The molecule has 21 heavy (non-hydrogen) atoms. The Hall–Kier alpha value is -0.630. The molecule has 0 aromatic heterocycles. The highest BCUT2D eigenvalue weighted by atomic mass is 79.9. The van der Waals surface area contributed by atoms with E-state index in [1.165, 1.54) is 19.3 Å². The number of Topliss-reactive ketones (excluding diaryl/α,β-unsaturated/α-hetero) is 1. The van der Waals surface area contributed by atoms with E-state index < -0.39 is 0 Å². The van der Waals surface area contributed by atoms with E-state index in [1.807, 2.05) is 24.3 Å². The van der Waals surface area contributed by atoms with Crippen molar-refractivity contribution in [2.45, 2.75) is 52.4 Å². The molecule has 2 heteroatoms. The lowest BCUT2D eigenvalue weighted by atomic mass is 9.39. The SMILES string of the molecule is CC12CC3CC(C)(C1)CC(C(=O)c1ccc(Br)cc1)(C3)C2. The van der Waals surface area contributed by atoms with E-state index in [-0.39, 0.29) is 5.41 Å². The van der Waals surface area contributed by atoms with Gasteiger partial charge in [0.2, 0.25) is 0 Å². The molecule has 0 N–H and O–H groups in total. The standard InChI is InChI=1S/C19H23BrO/c1-17-7-13-8-18(2,10-17)12-19(9-13,11-17)16(21)14-3-5-15(20)6-4-14/h3-6,13H,7-12H2,1-2H3. The molecule has 0 saturated heterocycles. The quantitative estimate of drug-likeness (QED) is 0.634. The first-order valence-electron chi connectivity index (χ1n) is 8.12. The van der Waals surface area contributed by atoms with Crippen LogP contribution >= 0.6 is 15.9 Å². The smallest absolute Gasteiger partial charge is 0.169 e. The normalized spacial score (nSPS) is 44.0. The highest BCUT2D eigenvalue weighted by Gasteiger charge is 2.62. The van der Waals surface area contributed by atoms with Gasteiger partial charge < -0.3 is 0 Å². The number of rotatable bonds is 2. The Labute approximate surface area is 135 Å². The molecule has 112 valence electrons. The minimum Gasteiger partial charge on any atom is -0.294 e. The first kappa shape index (κ1) is 14.0. The van der Waals surface area contributed by atoms with Crippen molar-refractivity contribution in [2.24, 2.45) is 22.2 Å². The predicted molar refractivity (Wildman–Crippen MR) is 88.3 cm³/mol. The molecule has 4 aliphatic rings. The molecule has 5 rings (SSSR count). The van der Waals surface area contributed by atoms with Gasteiger partial charge in [-0.25, -0.2) is 0 Å². The molecule has 2 unspecified atom stereocenters.